The Balaban J connectivity index is 2.13. The highest BCUT2D eigenvalue weighted by Gasteiger charge is 2.54. The molecule has 0 saturated carbocycles. The van der Waals surface area contributed by atoms with E-state index in [1.807, 2.05) is 0 Å². The van der Waals surface area contributed by atoms with Crippen LogP contribution in [0.4, 0.5) is 0 Å². The average molecular weight is 777 g/mol. The largest absolute Gasteiger partial charge is 0.463 e. The van der Waals surface area contributed by atoms with Crippen molar-refractivity contribution in [3.63, 3.8) is 0 Å². The molecule has 2 aliphatic heterocycles. The standard InChI is InChI=1S/C34H48O20/c1-17(35)45-15-25-27(47-19(3)37)29(49-21(5)39)31(51-23(7)41)33(53-25)43-13-11-9-10-12-14-44-34-32(52-24(8)42)30(50-22(6)40)28(48-20(4)38)26(54-34)16-46-18(2)36/h9-10,25-34H,11-16H2,1-8H3/b10-9+/t25-,26-,27+,28+,29+,30+,31-,32-,33-,34-/m1/s1. The van der Waals surface area contributed by atoms with Crippen molar-refractivity contribution in [2.24, 2.45) is 0 Å². The van der Waals surface area contributed by atoms with Gasteiger partial charge in [0.25, 0.3) is 0 Å². The van der Waals surface area contributed by atoms with Crippen LogP contribution in [0.5, 0.6) is 0 Å². The minimum absolute atomic E-state index is 0.0230. The van der Waals surface area contributed by atoms with Crippen LogP contribution in [0.25, 0.3) is 0 Å². The number of carbonyl (C=O) groups is 8. The molecule has 2 saturated heterocycles. The second-order valence-electron chi connectivity index (χ2n) is 11.9. The van der Waals surface area contributed by atoms with Crippen molar-refractivity contribution in [2.75, 3.05) is 26.4 Å². The Hall–Kier alpha value is -4.66. The summed E-state index contributed by atoms with van der Waals surface area (Å²) in [4.78, 5) is 94.9. The molecule has 0 N–H and O–H groups in total. The minimum atomic E-state index is -1.38. The molecule has 2 rings (SSSR count). The number of ether oxygens (including phenoxy) is 12. The number of carbonyl (C=O) groups excluding carboxylic acids is 8. The lowest BCUT2D eigenvalue weighted by atomic mass is 9.98. The Kier molecular flexibility index (Phi) is 19.0. The van der Waals surface area contributed by atoms with Crippen LogP contribution in [0.15, 0.2) is 12.2 Å². The normalized spacial score (nSPS) is 27.9. The third-order valence-electron chi connectivity index (χ3n) is 7.20. The number of esters is 8. The zero-order valence-corrected chi connectivity index (χ0v) is 31.3. The summed E-state index contributed by atoms with van der Waals surface area (Å²) in [6.45, 7) is 8.11. The van der Waals surface area contributed by atoms with Crippen molar-refractivity contribution in [3.8, 4) is 0 Å². The maximum absolute atomic E-state index is 12.0. The number of hydrogen-bond acceptors (Lipinski definition) is 20. The SMILES string of the molecule is CC(=O)OC[C@H]1O[C@@H](OCC/C=C/CCO[C@@H]2O[C@H](COC(C)=O)[C@H](OC(C)=O)[C@H](OC(C)=O)[C@H]2OC(C)=O)[C@H](OC(C)=O)[C@@H](OC(C)=O)[C@H]1OC(C)=O. The average Bonchev–Trinajstić information content (AvgIpc) is 3.04. The van der Waals surface area contributed by atoms with E-state index in [0.717, 1.165) is 55.4 Å². The molecule has 54 heavy (non-hydrogen) atoms. The van der Waals surface area contributed by atoms with Gasteiger partial charge in [-0.1, -0.05) is 12.2 Å². The summed E-state index contributed by atoms with van der Waals surface area (Å²) in [6.07, 6.45) is -9.19. The van der Waals surface area contributed by atoms with Crippen molar-refractivity contribution in [2.45, 2.75) is 130 Å². The highest BCUT2D eigenvalue weighted by atomic mass is 16.7. The lowest BCUT2D eigenvalue weighted by Crippen LogP contribution is -2.63. The Morgan fingerprint density at radius 3 is 0.963 bits per heavy atom. The highest BCUT2D eigenvalue weighted by Crippen LogP contribution is 2.31. The van der Waals surface area contributed by atoms with Gasteiger partial charge in [0.1, 0.15) is 25.4 Å². The predicted molar refractivity (Wildman–Crippen MR) is 174 cm³/mol. The Morgan fingerprint density at radius 2 is 0.685 bits per heavy atom. The first kappa shape index (κ1) is 45.5. The van der Waals surface area contributed by atoms with Gasteiger partial charge >= 0.3 is 47.8 Å². The van der Waals surface area contributed by atoms with Crippen LogP contribution >= 0.6 is 0 Å². The van der Waals surface area contributed by atoms with E-state index in [9.17, 15) is 38.4 Å². The van der Waals surface area contributed by atoms with Gasteiger partial charge in [-0.15, -0.1) is 0 Å². The molecule has 20 heteroatoms. The molecule has 0 radical (unpaired) electrons. The topological polar surface area (TPSA) is 247 Å². The van der Waals surface area contributed by atoms with Crippen molar-refractivity contribution >= 4 is 47.8 Å². The Bertz CT molecular complexity index is 1260. The molecule has 0 aromatic rings. The zero-order valence-electron chi connectivity index (χ0n) is 31.3. The van der Waals surface area contributed by atoms with Gasteiger partial charge in [0.2, 0.25) is 0 Å². The van der Waals surface area contributed by atoms with E-state index in [4.69, 9.17) is 56.8 Å². The molecule has 0 unspecified atom stereocenters. The summed E-state index contributed by atoms with van der Waals surface area (Å²) in [7, 11) is 0. The second kappa shape index (κ2) is 22.5. The fourth-order valence-electron chi connectivity index (χ4n) is 5.39. The first-order valence-corrected chi connectivity index (χ1v) is 16.9. The van der Waals surface area contributed by atoms with Crippen molar-refractivity contribution < 1.29 is 95.2 Å². The second-order valence-corrected chi connectivity index (χ2v) is 11.9. The fraction of sp³-hybridized carbons (Fsp3) is 0.706. The van der Waals surface area contributed by atoms with E-state index < -0.39 is 122 Å². The number of hydrogen-bond donors (Lipinski definition) is 0. The Labute approximate surface area is 311 Å². The zero-order chi connectivity index (χ0) is 40.5. The summed E-state index contributed by atoms with van der Waals surface area (Å²) in [5.74, 6) is -5.96. The van der Waals surface area contributed by atoms with Gasteiger partial charge < -0.3 is 56.8 Å². The van der Waals surface area contributed by atoms with Crippen LogP contribution in [-0.4, -0.2) is 136 Å². The van der Waals surface area contributed by atoms with Crippen molar-refractivity contribution in [3.05, 3.63) is 12.2 Å². The summed E-state index contributed by atoms with van der Waals surface area (Å²) in [5, 5.41) is 0. The quantitative estimate of drug-likeness (QED) is 0.0796. The van der Waals surface area contributed by atoms with Crippen LogP contribution in [0.3, 0.4) is 0 Å². The molecular formula is C34H48O20. The molecule has 2 heterocycles. The smallest absolute Gasteiger partial charge is 0.303 e. The van der Waals surface area contributed by atoms with Crippen LogP contribution in [0.1, 0.15) is 68.2 Å². The maximum atomic E-state index is 12.0. The van der Waals surface area contributed by atoms with E-state index in [1.54, 1.807) is 12.2 Å². The molecule has 0 spiro atoms. The third-order valence-corrected chi connectivity index (χ3v) is 7.20. The van der Waals surface area contributed by atoms with Gasteiger partial charge in [-0.25, -0.2) is 0 Å². The van der Waals surface area contributed by atoms with Crippen LogP contribution in [0, 0.1) is 0 Å². The molecule has 0 aromatic carbocycles. The molecule has 2 aliphatic rings. The maximum Gasteiger partial charge on any atom is 0.303 e. The van der Waals surface area contributed by atoms with Gasteiger partial charge in [-0.3, -0.25) is 38.4 Å². The molecule has 0 aliphatic carbocycles. The van der Waals surface area contributed by atoms with Crippen LogP contribution in [-0.2, 0) is 95.2 Å². The van der Waals surface area contributed by atoms with Gasteiger partial charge in [-0.2, -0.15) is 0 Å². The molecule has 0 aromatic heterocycles. The van der Waals surface area contributed by atoms with E-state index in [1.165, 1.54) is 0 Å². The molecule has 304 valence electrons. The molecule has 2 fully saturated rings. The fourth-order valence-corrected chi connectivity index (χ4v) is 5.39. The minimum Gasteiger partial charge on any atom is -0.463 e. The molecule has 20 nitrogen and oxygen atoms in total. The summed E-state index contributed by atoms with van der Waals surface area (Å²) >= 11 is 0. The van der Waals surface area contributed by atoms with Gasteiger partial charge in [0.05, 0.1) is 13.2 Å². The Morgan fingerprint density at radius 1 is 0.407 bits per heavy atom. The van der Waals surface area contributed by atoms with E-state index in [0.29, 0.717) is 0 Å². The molecule has 0 amide bonds. The molecule has 10 atom stereocenters. The summed E-state index contributed by atoms with van der Waals surface area (Å²) in [6, 6.07) is 0. The van der Waals surface area contributed by atoms with Gasteiger partial charge in [0.15, 0.2) is 49.2 Å². The lowest BCUT2D eigenvalue weighted by Gasteiger charge is -2.44. The highest BCUT2D eigenvalue weighted by molar-refractivity contribution is 5.70. The number of rotatable bonds is 18. The van der Waals surface area contributed by atoms with E-state index in [-0.39, 0.29) is 26.1 Å². The van der Waals surface area contributed by atoms with Gasteiger partial charge in [0, 0.05) is 55.4 Å². The first-order chi connectivity index (χ1) is 25.4. The van der Waals surface area contributed by atoms with E-state index in [2.05, 4.69) is 0 Å². The first-order valence-electron chi connectivity index (χ1n) is 16.9. The molecule has 0 bridgehead atoms. The molecular weight excluding hydrogens is 728 g/mol. The lowest BCUT2D eigenvalue weighted by molar-refractivity contribution is -0.308. The summed E-state index contributed by atoms with van der Waals surface area (Å²) in [5.41, 5.74) is 0. The van der Waals surface area contributed by atoms with Gasteiger partial charge in [-0.05, 0) is 12.8 Å². The van der Waals surface area contributed by atoms with Crippen molar-refractivity contribution in [1.29, 1.82) is 0 Å². The predicted octanol–water partition coefficient (Wildman–Crippen LogP) is 0.522. The van der Waals surface area contributed by atoms with Crippen LogP contribution < -0.4 is 0 Å². The third kappa shape index (κ3) is 15.7. The van der Waals surface area contributed by atoms with E-state index >= 15 is 0 Å². The van der Waals surface area contributed by atoms with Crippen molar-refractivity contribution in [1.82, 2.24) is 0 Å². The summed E-state index contributed by atoms with van der Waals surface area (Å²) < 4.78 is 65.8. The monoisotopic (exact) mass is 776 g/mol. The van der Waals surface area contributed by atoms with Crippen LogP contribution in [0.2, 0.25) is 0 Å².